The molecule has 1 aliphatic carbocycles. The van der Waals surface area contributed by atoms with Crippen LogP contribution in [0.3, 0.4) is 0 Å². The summed E-state index contributed by atoms with van der Waals surface area (Å²) in [7, 11) is -3.08. The summed E-state index contributed by atoms with van der Waals surface area (Å²) in [6.07, 6.45) is 7.74. The SMILES string of the molecule is CC1CCCC(CO)(NCC2CCCN(S(C)(=O)=O)C2)C1. The molecule has 0 aromatic carbocycles. The van der Waals surface area contributed by atoms with Gasteiger partial charge in [-0.05, 0) is 44.1 Å². The average molecular weight is 318 g/mol. The second-order valence-corrected chi connectivity index (χ2v) is 9.13. The first-order chi connectivity index (χ1) is 9.85. The molecular formula is C15H30N2O3S. The van der Waals surface area contributed by atoms with Crippen LogP contribution in [0.25, 0.3) is 0 Å². The molecule has 1 aliphatic heterocycles. The molecule has 1 saturated heterocycles. The van der Waals surface area contributed by atoms with Crippen LogP contribution in [-0.2, 0) is 10.0 Å². The molecule has 2 fully saturated rings. The van der Waals surface area contributed by atoms with Crippen LogP contribution < -0.4 is 5.32 Å². The number of hydrogen-bond donors (Lipinski definition) is 2. The number of rotatable bonds is 5. The van der Waals surface area contributed by atoms with Crippen LogP contribution in [0, 0.1) is 11.8 Å². The lowest BCUT2D eigenvalue weighted by Gasteiger charge is -2.41. The normalized spacial score (nSPS) is 35.8. The summed E-state index contributed by atoms with van der Waals surface area (Å²) in [5.41, 5.74) is -0.148. The van der Waals surface area contributed by atoms with Crippen LogP contribution in [0.2, 0.25) is 0 Å². The lowest BCUT2D eigenvalue weighted by Crippen LogP contribution is -2.54. The second kappa shape index (κ2) is 6.94. The summed E-state index contributed by atoms with van der Waals surface area (Å²) >= 11 is 0. The lowest BCUT2D eigenvalue weighted by atomic mass is 9.76. The van der Waals surface area contributed by atoms with Gasteiger partial charge in [0.1, 0.15) is 0 Å². The van der Waals surface area contributed by atoms with E-state index in [1.807, 2.05) is 0 Å². The molecule has 1 heterocycles. The maximum atomic E-state index is 11.7. The molecule has 5 nitrogen and oxygen atoms in total. The Morgan fingerprint density at radius 2 is 2.10 bits per heavy atom. The van der Waals surface area contributed by atoms with Crippen molar-refractivity contribution in [1.29, 1.82) is 0 Å². The summed E-state index contributed by atoms with van der Waals surface area (Å²) in [6, 6.07) is 0. The Hall–Kier alpha value is -0.170. The highest BCUT2D eigenvalue weighted by molar-refractivity contribution is 7.88. The van der Waals surface area contributed by atoms with Gasteiger partial charge in [-0.3, -0.25) is 0 Å². The zero-order chi connectivity index (χ0) is 15.5. The van der Waals surface area contributed by atoms with Crippen molar-refractivity contribution in [3.63, 3.8) is 0 Å². The molecule has 2 rings (SSSR count). The van der Waals surface area contributed by atoms with Crippen molar-refractivity contribution in [1.82, 2.24) is 9.62 Å². The van der Waals surface area contributed by atoms with E-state index >= 15 is 0 Å². The Kier molecular flexibility index (Phi) is 5.68. The predicted octanol–water partition coefficient (Wildman–Crippen LogP) is 1.19. The number of sulfonamides is 1. The van der Waals surface area contributed by atoms with E-state index in [1.54, 1.807) is 4.31 Å². The monoisotopic (exact) mass is 318 g/mol. The predicted molar refractivity (Wildman–Crippen MR) is 84.6 cm³/mol. The van der Waals surface area contributed by atoms with Crippen molar-refractivity contribution < 1.29 is 13.5 Å². The third-order valence-electron chi connectivity index (χ3n) is 5.11. The number of hydrogen-bond acceptors (Lipinski definition) is 4. The first-order valence-electron chi connectivity index (χ1n) is 8.16. The molecule has 2 aliphatic rings. The maximum absolute atomic E-state index is 11.7. The summed E-state index contributed by atoms with van der Waals surface area (Å²) in [4.78, 5) is 0. The third-order valence-corrected chi connectivity index (χ3v) is 6.38. The Morgan fingerprint density at radius 3 is 2.71 bits per heavy atom. The van der Waals surface area contributed by atoms with Gasteiger partial charge in [-0.2, -0.15) is 0 Å². The van der Waals surface area contributed by atoms with Crippen LogP contribution >= 0.6 is 0 Å². The summed E-state index contributed by atoms with van der Waals surface area (Å²) in [5, 5.41) is 13.4. The smallest absolute Gasteiger partial charge is 0.211 e. The summed E-state index contributed by atoms with van der Waals surface area (Å²) in [6.45, 7) is 4.50. The van der Waals surface area contributed by atoms with Crippen LogP contribution in [0.4, 0.5) is 0 Å². The van der Waals surface area contributed by atoms with Crippen molar-refractivity contribution in [3.8, 4) is 0 Å². The first-order valence-corrected chi connectivity index (χ1v) is 10.0. The largest absolute Gasteiger partial charge is 0.394 e. The number of nitrogens with one attached hydrogen (secondary N) is 1. The molecule has 0 bridgehead atoms. The molecule has 2 N–H and O–H groups in total. The molecule has 6 heteroatoms. The zero-order valence-electron chi connectivity index (χ0n) is 13.3. The van der Waals surface area contributed by atoms with E-state index in [-0.39, 0.29) is 12.1 Å². The Balaban J connectivity index is 1.89. The highest BCUT2D eigenvalue weighted by Crippen LogP contribution is 2.32. The quantitative estimate of drug-likeness (QED) is 0.799. The van der Waals surface area contributed by atoms with E-state index in [1.165, 1.54) is 12.7 Å². The standard InChI is InChI=1S/C15H30N2O3S/c1-13-5-3-7-15(9-13,12-18)16-10-14-6-4-8-17(11-14)21(2,19)20/h13-14,16,18H,3-12H2,1-2H3. The topological polar surface area (TPSA) is 69.6 Å². The average Bonchev–Trinajstić information content (AvgIpc) is 2.45. The number of aliphatic hydroxyl groups is 1. The van der Waals surface area contributed by atoms with Crippen molar-refractivity contribution in [2.24, 2.45) is 11.8 Å². The fourth-order valence-corrected chi connectivity index (χ4v) is 4.82. The van der Waals surface area contributed by atoms with Gasteiger partial charge in [-0.25, -0.2) is 12.7 Å². The van der Waals surface area contributed by atoms with E-state index in [0.717, 1.165) is 38.6 Å². The van der Waals surface area contributed by atoms with Gasteiger partial charge in [0.2, 0.25) is 10.0 Å². The van der Waals surface area contributed by atoms with E-state index in [0.29, 0.717) is 24.9 Å². The number of nitrogens with zero attached hydrogens (tertiary/aromatic N) is 1. The van der Waals surface area contributed by atoms with Crippen LogP contribution in [-0.4, -0.2) is 55.9 Å². The van der Waals surface area contributed by atoms with Gasteiger partial charge in [0, 0.05) is 18.6 Å². The van der Waals surface area contributed by atoms with E-state index in [2.05, 4.69) is 12.2 Å². The minimum atomic E-state index is -3.08. The molecule has 1 saturated carbocycles. The molecule has 0 radical (unpaired) electrons. The number of piperidine rings is 1. The third kappa shape index (κ3) is 4.65. The van der Waals surface area contributed by atoms with Crippen LogP contribution in [0.15, 0.2) is 0 Å². The first kappa shape index (κ1) is 17.2. The van der Waals surface area contributed by atoms with E-state index < -0.39 is 10.0 Å². The van der Waals surface area contributed by atoms with Gasteiger partial charge >= 0.3 is 0 Å². The molecule has 0 aromatic heterocycles. The summed E-state index contributed by atoms with van der Waals surface area (Å²) < 4.78 is 24.9. The highest BCUT2D eigenvalue weighted by atomic mass is 32.2. The van der Waals surface area contributed by atoms with Gasteiger partial charge in [0.15, 0.2) is 0 Å². The fraction of sp³-hybridized carbons (Fsp3) is 1.00. The molecule has 0 amide bonds. The van der Waals surface area contributed by atoms with Gasteiger partial charge in [-0.15, -0.1) is 0 Å². The number of aliphatic hydroxyl groups excluding tert-OH is 1. The van der Waals surface area contributed by atoms with Crippen LogP contribution in [0.5, 0.6) is 0 Å². The Morgan fingerprint density at radius 1 is 1.33 bits per heavy atom. The highest BCUT2D eigenvalue weighted by Gasteiger charge is 2.35. The lowest BCUT2D eigenvalue weighted by molar-refractivity contribution is 0.0916. The van der Waals surface area contributed by atoms with Crippen molar-refractivity contribution in [2.75, 3.05) is 32.5 Å². The van der Waals surface area contributed by atoms with Gasteiger partial charge in [-0.1, -0.05) is 19.8 Å². The van der Waals surface area contributed by atoms with Crippen molar-refractivity contribution in [2.45, 2.75) is 51.0 Å². The maximum Gasteiger partial charge on any atom is 0.211 e. The molecule has 3 unspecified atom stereocenters. The second-order valence-electron chi connectivity index (χ2n) is 7.15. The van der Waals surface area contributed by atoms with E-state index in [4.69, 9.17) is 0 Å². The van der Waals surface area contributed by atoms with Crippen molar-refractivity contribution in [3.05, 3.63) is 0 Å². The molecule has 0 spiro atoms. The minimum Gasteiger partial charge on any atom is -0.394 e. The van der Waals surface area contributed by atoms with E-state index in [9.17, 15) is 13.5 Å². The van der Waals surface area contributed by atoms with Crippen LogP contribution in [0.1, 0.15) is 45.4 Å². The Bertz CT molecular complexity index is 440. The molecule has 3 atom stereocenters. The summed E-state index contributed by atoms with van der Waals surface area (Å²) in [5.74, 6) is 1.01. The molecule has 21 heavy (non-hydrogen) atoms. The molecule has 124 valence electrons. The zero-order valence-corrected chi connectivity index (χ0v) is 14.2. The van der Waals surface area contributed by atoms with Gasteiger partial charge in [0.05, 0.1) is 12.9 Å². The fourth-order valence-electron chi connectivity index (χ4n) is 3.88. The molecular weight excluding hydrogens is 288 g/mol. The molecule has 0 aromatic rings. The van der Waals surface area contributed by atoms with Crippen molar-refractivity contribution >= 4 is 10.0 Å². The van der Waals surface area contributed by atoms with Gasteiger partial charge in [0.25, 0.3) is 0 Å². The van der Waals surface area contributed by atoms with Gasteiger partial charge < -0.3 is 10.4 Å². The Labute approximate surface area is 129 Å². The minimum absolute atomic E-state index is 0.148.